The summed E-state index contributed by atoms with van der Waals surface area (Å²) in [6.07, 6.45) is 3.00. The molecule has 0 radical (unpaired) electrons. The molecule has 5 heteroatoms. The molecule has 1 atom stereocenters. The second-order valence-corrected chi connectivity index (χ2v) is 5.58. The van der Waals surface area contributed by atoms with E-state index in [0.29, 0.717) is 15.6 Å². The van der Waals surface area contributed by atoms with Gasteiger partial charge in [-0.3, -0.25) is 4.79 Å². The number of thioether (sulfide) groups is 1. The number of hydrogen-bond acceptors (Lipinski definition) is 2. The van der Waals surface area contributed by atoms with Gasteiger partial charge in [0.15, 0.2) is 0 Å². The van der Waals surface area contributed by atoms with E-state index in [2.05, 4.69) is 5.32 Å². The predicted molar refractivity (Wildman–Crippen MR) is 76.4 cm³/mol. The molecular formula is C12H15Cl2NOS. The number of benzene rings is 1. The topological polar surface area (TPSA) is 29.1 Å². The Morgan fingerprint density at radius 2 is 2.12 bits per heavy atom. The molecule has 0 aromatic heterocycles. The molecule has 2 nitrogen and oxygen atoms in total. The summed E-state index contributed by atoms with van der Waals surface area (Å²) < 4.78 is 0. The fourth-order valence-corrected chi connectivity index (χ4v) is 2.20. The van der Waals surface area contributed by atoms with Crippen LogP contribution in [0.25, 0.3) is 0 Å². The van der Waals surface area contributed by atoms with E-state index in [0.717, 1.165) is 12.2 Å². The summed E-state index contributed by atoms with van der Waals surface area (Å²) in [6, 6.07) is 5.04. The fourth-order valence-electron chi connectivity index (χ4n) is 1.31. The lowest BCUT2D eigenvalue weighted by Crippen LogP contribution is -2.32. The van der Waals surface area contributed by atoms with E-state index in [1.54, 1.807) is 30.0 Å². The molecule has 1 aromatic rings. The van der Waals surface area contributed by atoms with E-state index in [9.17, 15) is 4.79 Å². The van der Waals surface area contributed by atoms with Gasteiger partial charge >= 0.3 is 0 Å². The molecule has 0 aliphatic rings. The van der Waals surface area contributed by atoms with Crippen LogP contribution in [0.15, 0.2) is 18.2 Å². The molecule has 0 heterocycles. The Labute approximate surface area is 116 Å². The minimum Gasteiger partial charge on any atom is -0.350 e. The Morgan fingerprint density at radius 1 is 1.41 bits per heavy atom. The van der Waals surface area contributed by atoms with Crippen molar-refractivity contribution in [3.63, 3.8) is 0 Å². The molecule has 0 bridgehead atoms. The summed E-state index contributed by atoms with van der Waals surface area (Å²) in [5.41, 5.74) is 0.537. The summed E-state index contributed by atoms with van der Waals surface area (Å²) in [6.45, 7) is 1.99. The zero-order chi connectivity index (χ0) is 12.8. The van der Waals surface area contributed by atoms with E-state index in [1.165, 1.54) is 0 Å². The molecule has 1 aromatic carbocycles. The van der Waals surface area contributed by atoms with E-state index in [1.807, 2.05) is 13.2 Å². The van der Waals surface area contributed by atoms with Crippen molar-refractivity contribution in [2.24, 2.45) is 0 Å². The van der Waals surface area contributed by atoms with Crippen LogP contribution in [0.3, 0.4) is 0 Å². The molecular weight excluding hydrogens is 277 g/mol. The average molecular weight is 292 g/mol. The van der Waals surface area contributed by atoms with Crippen LogP contribution in [0.4, 0.5) is 0 Å². The van der Waals surface area contributed by atoms with Gasteiger partial charge in [-0.25, -0.2) is 0 Å². The maximum atomic E-state index is 11.9. The quantitative estimate of drug-likeness (QED) is 0.892. The highest BCUT2D eigenvalue weighted by Crippen LogP contribution is 2.22. The number of amides is 1. The molecule has 17 heavy (non-hydrogen) atoms. The van der Waals surface area contributed by atoms with E-state index >= 15 is 0 Å². The number of carbonyl (C=O) groups excluding carboxylic acids is 1. The first-order chi connectivity index (χ1) is 8.04. The predicted octanol–water partition coefficient (Wildman–Crippen LogP) is 3.86. The second kappa shape index (κ2) is 7.14. The molecule has 0 saturated heterocycles. The summed E-state index contributed by atoms with van der Waals surface area (Å²) in [4.78, 5) is 11.9. The lowest BCUT2D eigenvalue weighted by molar-refractivity contribution is 0.0939. The van der Waals surface area contributed by atoms with Crippen molar-refractivity contribution in [3.05, 3.63) is 33.8 Å². The zero-order valence-corrected chi connectivity index (χ0v) is 12.1. The van der Waals surface area contributed by atoms with E-state index in [4.69, 9.17) is 23.2 Å². The van der Waals surface area contributed by atoms with Crippen LogP contribution in [0.1, 0.15) is 23.7 Å². The van der Waals surface area contributed by atoms with Crippen LogP contribution in [0.2, 0.25) is 10.0 Å². The first-order valence-electron chi connectivity index (χ1n) is 5.29. The molecule has 0 fully saturated rings. The van der Waals surface area contributed by atoms with Gasteiger partial charge in [0.2, 0.25) is 0 Å². The van der Waals surface area contributed by atoms with Crippen molar-refractivity contribution >= 4 is 40.9 Å². The zero-order valence-electron chi connectivity index (χ0n) is 9.80. The number of hydrogen-bond donors (Lipinski definition) is 1. The Hall–Kier alpha value is -0.380. The van der Waals surface area contributed by atoms with Crippen LogP contribution < -0.4 is 5.32 Å². The van der Waals surface area contributed by atoms with Gasteiger partial charge in [0.1, 0.15) is 0 Å². The molecule has 0 unspecified atom stereocenters. The number of halogens is 2. The van der Waals surface area contributed by atoms with Crippen LogP contribution >= 0.6 is 35.0 Å². The van der Waals surface area contributed by atoms with Gasteiger partial charge in [-0.2, -0.15) is 11.8 Å². The van der Waals surface area contributed by atoms with Gasteiger partial charge in [-0.15, -0.1) is 0 Å². The lowest BCUT2D eigenvalue weighted by atomic mass is 10.2. The molecule has 0 aliphatic carbocycles. The summed E-state index contributed by atoms with van der Waals surface area (Å²) >= 11 is 13.4. The first kappa shape index (κ1) is 14.7. The van der Waals surface area contributed by atoms with Crippen LogP contribution in [0, 0.1) is 0 Å². The van der Waals surface area contributed by atoms with Gasteiger partial charge < -0.3 is 5.32 Å². The van der Waals surface area contributed by atoms with Gasteiger partial charge in [-0.05, 0) is 43.6 Å². The summed E-state index contributed by atoms with van der Waals surface area (Å²) in [5.74, 6) is 0.917. The second-order valence-electron chi connectivity index (χ2n) is 3.78. The maximum absolute atomic E-state index is 11.9. The Balaban J connectivity index is 2.60. The van der Waals surface area contributed by atoms with Gasteiger partial charge in [0.25, 0.3) is 5.91 Å². The van der Waals surface area contributed by atoms with Gasteiger partial charge in [0.05, 0.1) is 10.0 Å². The number of carbonyl (C=O) groups is 1. The highest BCUT2D eigenvalue weighted by Gasteiger charge is 2.10. The Kier molecular flexibility index (Phi) is 6.17. The van der Waals surface area contributed by atoms with Gasteiger partial charge in [-0.1, -0.05) is 23.2 Å². The molecule has 0 spiro atoms. The van der Waals surface area contributed by atoms with E-state index in [-0.39, 0.29) is 11.9 Å². The largest absolute Gasteiger partial charge is 0.350 e. The van der Waals surface area contributed by atoms with Crippen LogP contribution in [-0.4, -0.2) is 24.0 Å². The molecule has 94 valence electrons. The van der Waals surface area contributed by atoms with Crippen molar-refractivity contribution in [3.8, 4) is 0 Å². The third-order valence-electron chi connectivity index (χ3n) is 2.31. The minimum atomic E-state index is -0.114. The number of nitrogens with one attached hydrogen (secondary N) is 1. The first-order valence-corrected chi connectivity index (χ1v) is 7.44. The Bertz CT molecular complexity index is 398. The normalized spacial score (nSPS) is 12.2. The molecule has 0 aliphatic heterocycles. The van der Waals surface area contributed by atoms with Crippen molar-refractivity contribution in [1.29, 1.82) is 0 Å². The van der Waals surface area contributed by atoms with Crippen molar-refractivity contribution < 1.29 is 4.79 Å². The monoisotopic (exact) mass is 291 g/mol. The molecule has 1 N–H and O–H groups in total. The fraction of sp³-hybridized carbons (Fsp3) is 0.417. The summed E-state index contributed by atoms with van der Waals surface area (Å²) in [5, 5.41) is 3.78. The average Bonchev–Trinajstić information content (AvgIpc) is 2.30. The lowest BCUT2D eigenvalue weighted by Gasteiger charge is -2.13. The maximum Gasteiger partial charge on any atom is 0.251 e. The van der Waals surface area contributed by atoms with Crippen molar-refractivity contribution in [2.75, 3.05) is 12.0 Å². The van der Waals surface area contributed by atoms with Gasteiger partial charge in [0, 0.05) is 11.6 Å². The molecule has 1 amide bonds. The Morgan fingerprint density at radius 3 is 2.71 bits per heavy atom. The third-order valence-corrected chi connectivity index (χ3v) is 3.70. The smallest absolute Gasteiger partial charge is 0.251 e. The van der Waals surface area contributed by atoms with Crippen LogP contribution in [0.5, 0.6) is 0 Å². The highest BCUT2D eigenvalue weighted by molar-refractivity contribution is 7.98. The van der Waals surface area contributed by atoms with Crippen LogP contribution in [-0.2, 0) is 0 Å². The highest BCUT2D eigenvalue weighted by atomic mass is 35.5. The van der Waals surface area contributed by atoms with Crippen molar-refractivity contribution in [1.82, 2.24) is 5.32 Å². The SMILES string of the molecule is CSCC[C@H](C)NC(=O)c1ccc(Cl)c(Cl)c1. The third kappa shape index (κ3) is 4.78. The minimum absolute atomic E-state index is 0.114. The molecule has 1 rings (SSSR count). The van der Waals surface area contributed by atoms with Crippen molar-refractivity contribution in [2.45, 2.75) is 19.4 Å². The number of rotatable bonds is 5. The van der Waals surface area contributed by atoms with E-state index < -0.39 is 0 Å². The standard InChI is InChI=1S/C12H15Cl2NOS/c1-8(5-6-17-2)15-12(16)9-3-4-10(13)11(14)7-9/h3-4,7-8H,5-6H2,1-2H3,(H,15,16)/t8-/m0/s1. The molecule has 0 saturated carbocycles. The summed E-state index contributed by atoms with van der Waals surface area (Å²) in [7, 11) is 0.